The van der Waals surface area contributed by atoms with E-state index in [4.69, 9.17) is 5.11 Å². The van der Waals surface area contributed by atoms with Gasteiger partial charge in [0.05, 0.1) is 6.10 Å². The first-order valence-corrected chi connectivity index (χ1v) is 6.06. The van der Waals surface area contributed by atoms with Gasteiger partial charge in [0.1, 0.15) is 0 Å². The minimum absolute atomic E-state index is 0.225. The maximum absolute atomic E-state index is 10.2. The summed E-state index contributed by atoms with van der Waals surface area (Å²) in [5.74, 6) is -0.743. The Morgan fingerprint density at radius 3 is 2.20 bits per heavy atom. The summed E-state index contributed by atoms with van der Waals surface area (Å²) in [5.41, 5.74) is 0. The number of hydrogen-bond donors (Lipinski definition) is 2. The van der Waals surface area contributed by atoms with E-state index in [1.807, 2.05) is 0 Å². The molecule has 15 heavy (non-hydrogen) atoms. The zero-order valence-corrected chi connectivity index (χ0v) is 9.74. The number of carboxylic acid groups (broad SMARTS) is 1. The van der Waals surface area contributed by atoms with Gasteiger partial charge in [-0.3, -0.25) is 4.79 Å². The van der Waals surface area contributed by atoms with Crippen molar-refractivity contribution in [2.24, 2.45) is 0 Å². The van der Waals surface area contributed by atoms with E-state index < -0.39 is 5.97 Å². The lowest BCUT2D eigenvalue weighted by molar-refractivity contribution is -0.137. The molecule has 2 N–H and O–H groups in total. The summed E-state index contributed by atoms with van der Waals surface area (Å²) in [6, 6.07) is 0. The van der Waals surface area contributed by atoms with E-state index in [1.54, 1.807) is 0 Å². The molecule has 0 amide bonds. The molecule has 0 saturated carbocycles. The van der Waals surface area contributed by atoms with Gasteiger partial charge in [0.25, 0.3) is 0 Å². The highest BCUT2D eigenvalue weighted by molar-refractivity contribution is 5.66. The molecule has 0 radical (unpaired) electrons. The smallest absolute Gasteiger partial charge is 0.303 e. The molecule has 0 aromatic heterocycles. The number of carbonyl (C=O) groups is 1. The zero-order valence-electron chi connectivity index (χ0n) is 9.74. The molecule has 0 rings (SSSR count). The van der Waals surface area contributed by atoms with Gasteiger partial charge in [-0.1, -0.05) is 39.0 Å². The molecule has 0 aromatic rings. The summed E-state index contributed by atoms with van der Waals surface area (Å²) in [5, 5.41) is 18.0. The number of rotatable bonds is 10. The predicted octanol–water partition coefficient (Wildman–Crippen LogP) is 2.96. The van der Waals surface area contributed by atoms with Gasteiger partial charge in [0, 0.05) is 6.42 Å². The van der Waals surface area contributed by atoms with Crippen LogP contribution in [0.4, 0.5) is 0 Å². The quantitative estimate of drug-likeness (QED) is 0.552. The standard InChI is InChI=1S/C12H24O3/c1-2-3-4-5-8-11(13)9-6-7-10-12(14)15/h11,13H,2-10H2,1H3,(H,14,15)/t11-/m1/s1. The van der Waals surface area contributed by atoms with Crippen LogP contribution in [-0.2, 0) is 4.79 Å². The Balaban J connectivity index is 3.18. The average Bonchev–Trinajstić information content (AvgIpc) is 2.19. The van der Waals surface area contributed by atoms with E-state index in [0.717, 1.165) is 25.7 Å². The molecule has 0 saturated heterocycles. The van der Waals surface area contributed by atoms with Crippen molar-refractivity contribution in [1.82, 2.24) is 0 Å². The third kappa shape index (κ3) is 11.4. The van der Waals surface area contributed by atoms with Gasteiger partial charge in [-0.05, 0) is 19.3 Å². The lowest BCUT2D eigenvalue weighted by Crippen LogP contribution is -2.06. The fraction of sp³-hybridized carbons (Fsp3) is 0.917. The largest absolute Gasteiger partial charge is 0.481 e. The van der Waals surface area contributed by atoms with Crippen molar-refractivity contribution in [2.45, 2.75) is 70.8 Å². The van der Waals surface area contributed by atoms with Crippen LogP contribution in [-0.4, -0.2) is 22.3 Å². The molecule has 1 atom stereocenters. The molecule has 0 aliphatic heterocycles. The highest BCUT2D eigenvalue weighted by Gasteiger charge is 2.04. The van der Waals surface area contributed by atoms with Gasteiger partial charge in [-0.2, -0.15) is 0 Å². The normalized spacial score (nSPS) is 12.7. The van der Waals surface area contributed by atoms with E-state index >= 15 is 0 Å². The van der Waals surface area contributed by atoms with Gasteiger partial charge in [0.15, 0.2) is 0 Å². The van der Waals surface area contributed by atoms with Crippen LogP contribution in [0, 0.1) is 0 Å². The van der Waals surface area contributed by atoms with Crippen LogP contribution >= 0.6 is 0 Å². The second-order valence-electron chi connectivity index (χ2n) is 4.14. The first-order valence-electron chi connectivity index (χ1n) is 6.06. The molecule has 0 heterocycles. The lowest BCUT2D eigenvalue weighted by atomic mass is 10.0. The Morgan fingerprint density at radius 2 is 1.67 bits per heavy atom. The van der Waals surface area contributed by atoms with Crippen molar-refractivity contribution >= 4 is 5.97 Å². The SMILES string of the molecule is CCCCCC[C@@H](O)CCCCC(=O)O. The molecule has 0 aromatic carbocycles. The van der Waals surface area contributed by atoms with Gasteiger partial charge >= 0.3 is 5.97 Å². The molecule has 0 spiro atoms. The molecule has 0 bridgehead atoms. The van der Waals surface area contributed by atoms with Gasteiger partial charge in [-0.15, -0.1) is 0 Å². The van der Waals surface area contributed by atoms with Crippen molar-refractivity contribution in [3.05, 3.63) is 0 Å². The number of aliphatic hydroxyl groups excluding tert-OH is 1. The lowest BCUT2D eigenvalue weighted by Gasteiger charge is -2.09. The van der Waals surface area contributed by atoms with E-state index in [0.29, 0.717) is 6.42 Å². The maximum atomic E-state index is 10.2. The van der Waals surface area contributed by atoms with Crippen LogP contribution in [0.15, 0.2) is 0 Å². The second-order valence-corrected chi connectivity index (χ2v) is 4.14. The van der Waals surface area contributed by atoms with Crippen molar-refractivity contribution in [2.75, 3.05) is 0 Å². The molecule has 90 valence electrons. The molecule has 3 heteroatoms. The van der Waals surface area contributed by atoms with Crippen molar-refractivity contribution in [1.29, 1.82) is 0 Å². The van der Waals surface area contributed by atoms with Crippen LogP contribution in [0.3, 0.4) is 0 Å². The molecule has 0 aliphatic carbocycles. The molecule has 0 aliphatic rings. The Bertz CT molecular complexity index is 157. The highest BCUT2D eigenvalue weighted by atomic mass is 16.4. The Hall–Kier alpha value is -0.570. The van der Waals surface area contributed by atoms with Crippen LogP contribution < -0.4 is 0 Å². The Morgan fingerprint density at radius 1 is 1.07 bits per heavy atom. The summed E-state index contributed by atoms with van der Waals surface area (Å²) in [6.07, 6.45) is 7.87. The molecular weight excluding hydrogens is 192 g/mol. The number of carboxylic acids is 1. The number of hydrogen-bond acceptors (Lipinski definition) is 2. The van der Waals surface area contributed by atoms with E-state index in [9.17, 15) is 9.90 Å². The molecule has 0 fully saturated rings. The minimum atomic E-state index is -0.743. The minimum Gasteiger partial charge on any atom is -0.481 e. The molecular formula is C12H24O3. The molecule has 3 nitrogen and oxygen atoms in total. The number of aliphatic carboxylic acids is 1. The van der Waals surface area contributed by atoms with Crippen LogP contribution in [0.2, 0.25) is 0 Å². The number of aliphatic hydroxyl groups is 1. The van der Waals surface area contributed by atoms with Crippen molar-refractivity contribution < 1.29 is 15.0 Å². The monoisotopic (exact) mass is 216 g/mol. The summed E-state index contributed by atoms with van der Waals surface area (Å²) in [6.45, 7) is 2.17. The van der Waals surface area contributed by atoms with Crippen LogP contribution in [0.25, 0.3) is 0 Å². The highest BCUT2D eigenvalue weighted by Crippen LogP contribution is 2.11. The van der Waals surface area contributed by atoms with Crippen LogP contribution in [0.5, 0.6) is 0 Å². The third-order valence-corrected chi connectivity index (χ3v) is 2.57. The first-order chi connectivity index (χ1) is 7.16. The predicted molar refractivity (Wildman–Crippen MR) is 60.9 cm³/mol. The van der Waals surface area contributed by atoms with E-state index in [2.05, 4.69) is 6.92 Å². The number of unbranched alkanes of at least 4 members (excludes halogenated alkanes) is 4. The van der Waals surface area contributed by atoms with Gasteiger partial charge < -0.3 is 10.2 Å². The fourth-order valence-electron chi connectivity index (χ4n) is 1.61. The summed E-state index contributed by atoms with van der Waals surface area (Å²) < 4.78 is 0. The Labute approximate surface area is 92.5 Å². The average molecular weight is 216 g/mol. The fourth-order valence-corrected chi connectivity index (χ4v) is 1.61. The van der Waals surface area contributed by atoms with Crippen molar-refractivity contribution in [3.63, 3.8) is 0 Å². The first kappa shape index (κ1) is 14.4. The summed E-state index contributed by atoms with van der Waals surface area (Å²) in [7, 11) is 0. The molecule has 0 unspecified atom stereocenters. The summed E-state index contributed by atoms with van der Waals surface area (Å²) >= 11 is 0. The van der Waals surface area contributed by atoms with Crippen molar-refractivity contribution in [3.8, 4) is 0 Å². The van der Waals surface area contributed by atoms with E-state index in [1.165, 1.54) is 19.3 Å². The van der Waals surface area contributed by atoms with Gasteiger partial charge in [0.2, 0.25) is 0 Å². The summed E-state index contributed by atoms with van der Waals surface area (Å²) in [4.78, 5) is 10.2. The maximum Gasteiger partial charge on any atom is 0.303 e. The topological polar surface area (TPSA) is 57.5 Å². The van der Waals surface area contributed by atoms with Gasteiger partial charge in [-0.25, -0.2) is 0 Å². The third-order valence-electron chi connectivity index (χ3n) is 2.57. The van der Waals surface area contributed by atoms with Crippen LogP contribution in [0.1, 0.15) is 64.7 Å². The van der Waals surface area contributed by atoms with E-state index in [-0.39, 0.29) is 12.5 Å². The second kappa shape index (κ2) is 9.97. The Kier molecular flexibility index (Phi) is 9.59. The zero-order chi connectivity index (χ0) is 11.5.